The SMILES string of the molecule is CNc1cncc([C@@H]2CCCN(C(=O)CN)C2)n1. The standard InChI is InChI=1S/C12H19N5O/c1-14-11-7-15-6-10(16-11)9-3-2-4-17(8-9)12(18)5-13/h6-7,9H,2-5,8,13H2,1H3,(H,14,16)/t9-/m1/s1. The maximum absolute atomic E-state index is 11.6. The second-order valence-electron chi connectivity index (χ2n) is 4.46. The Labute approximate surface area is 107 Å². The highest BCUT2D eigenvalue weighted by atomic mass is 16.2. The lowest BCUT2D eigenvalue weighted by atomic mass is 9.95. The second-order valence-corrected chi connectivity index (χ2v) is 4.46. The highest BCUT2D eigenvalue weighted by molar-refractivity contribution is 5.78. The lowest BCUT2D eigenvalue weighted by Gasteiger charge is -2.32. The van der Waals surface area contributed by atoms with Crippen molar-refractivity contribution in [2.24, 2.45) is 5.73 Å². The van der Waals surface area contributed by atoms with Crippen molar-refractivity contribution in [3.8, 4) is 0 Å². The van der Waals surface area contributed by atoms with Crippen LogP contribution < -0.4 is 11.1 Å². The van der Waals surface area contributed by atoms with Gasteiger partial charge >= 0.3 is 0 Å². The summed E-state index contributed by atoms with van der Waals surface area (Å²) >= 11 is 0. The van der Waals surface area contributed by atoms with Crippen molar-refractivity contribution in [3.63, 3.8) is 0 Å². The van der Waals surface area contributed by atoms with Crippen molar-refractivity contribution in [2.45, 2.75) is 18.8 Å². The largest absolute Gasteiger partial charge is 0.372 e. The Morgan fingerprint density at radius 1 is 1.61 bits per heavy atom. The van der Waals surface area contributed by atoms with Gasteiger partial charge in [-0.1, -0.05) is 0 Å². The van der Waals surface area contributed by atoms with Crippen LogP contribution in [0.3, 0.4) is 0 Å². The molecule has 18 heavy (non-hydrogen) atoms. The summed E-state index contributed by atoms with van der Waals surface area (Å²) in [7, 11) is 1.82. The molecule has 98 valence electrons. The molecule has 0 bridgehead atoms. The van der Waals surface area contributed by atoms with Gasteiger partial charge in [0, 0.05) is 32.3 Å². The van der Waals surface area contributed by atoms with Crippen LogP contribution in [0.25, 0.3) is 0 Å². The van der Waals surface area contributed by atoms with Gasteiger partial charge < -0.3 is 16.0 Å². The maximum atomic E-state index is 11.6. The van der Waals surface area contributed by atoms with E-state index < -0.39 is 0 Å². The first kappa shape index (κ1) is 12.8. The fraction of sp³-hybridized carbons (Fsp3) is 0.583. The molecule has 0 spiro atoms. The fourth-order valence-electron chi connectivity index (χ4n) is 2.27. The molecule has 1 fully saturated rings. The summed E-state index contributed by atoms with van der Waals surface area (Å²) in [4.78, 5) is 22.1. The molecule has 6 heteroatoms. The average Bonchev–Trinajstić information content (AvgIpc) is 2.46. The van der Waals surface area contributed by atoms with Gasteiger partial charge in [-0.25, -0.2) is 4.98 Å². The minimum atomic E-state index is 0.0115. The van der Waals surface area contributed by atoms with E-state index in [1.807, 2.05) is 11.9 Å². The van der Waals surface area contributed by atoms with Crippen molar-refractivity contribution in [3.05, 3.63) is 18.1 Å². The molecular formula is C12H19N5O. The summed E-state index contributed by atoms with van der Waals surface area (Å²) in [5, 5.41) is 2.98. The van der Waals surface area contributed by atoms with Crippen molar-refractivity contribution >= 4 is 11.7 Å². The Bertz CT molecular complexity index is 423. The molecule has 2 rings (SSSR count). The number of nitrogens with two attached hydrogens (primary N) is 1. The average molecular weight is 249 g/mol. The number of aromatic nitrogens is 2. The first-order valence-corrected chi connectivity index (χ1v) is 6.22. The molecule has 1 amide bonds. The molecule has 1 aromatic heterocycles. The lowest BCUT2D eigenvalue weighted by molar-refractivity contribution is -0.130. The van der Waals surface area contributed by atoms with E-state index in [2.05, 4.69) is 15.3 Å². The molecule has 0 aromatic carbocycles. The number of carbonyl (C=O) groups is 1. The van der Waals surface area contributed by atoms with Crippen molar-refractivity contribution in [1.29, 1.82) is 0 Å². The highest BCUT2D eigenvalue weighted by Crippen LogP contribution is 2.25. The van der Waals surface area contributed by atoms with Crippen molar-refractivity contribution in [2.75, 3.05) is 32.0 Å². The number of hydrogen-bond donors (Lipinski definition) is 2. The monoisotopic (exact) mass is 249 g/mol. The first-order valence-electron chi connectivity index (χ1n) is 6.22. The van der Waals surface area contributed by atoms with E-state index in [-0.39, 0.29) is 18.4 Å². The Hall–Kier alpha value is -1.69. The molecule has 0 aliphatic carbocycles. The minimum absolute atomic E-state index is 0.0115. The van der Waals surface area contributed by atoms with E-state index in [4.69, 9.17) is 5.73 Å². The van der Waals surface area contributed by atoms with Crippen molar-refractivity contribution in [1.82, 2.24) is 14.9 Å². The number of rotatable bonds is 3. The Morgan fingerprint density at radius 2 is 2.44 bits per heavy atom. The predicted molar refractivity (Wildman–Crippen MR) is 69.2 cm³/mol. The molecule has 1 aliphatic rings. The van der Waals surface area contributed by atoms with E-state index in [0.29, 0.717) is 6.54 Å². The fourth-order valence-corrected chi connectivity index (χ4v) is 2.27. The van der Waals surface area contributed by atoms with E-state index >= 15 is 0 Å². The van der Waals surface area contributed by atoms with Gasteiger partial charge in [0.2, 0.25) is 5.91 Å². The van der Waals surface area contributed by atoms with E-state index in [1.54, 1.807) is 12.4 Å². The summed E-state index contributed by atoms with van der Waals surface area (Å²) in [6.07, 6.45) is 5.50. The maximum Gasteiger partial charge on any atom is 0.236 e. The molecule has 1 saturated heterocycles. The molecule has 1 aromatic rings. The zero-order chi connectivity index (χ0) is 13.0. The molecule has 0 saturated carbocycles. The van der Waals surface area contributed by atoms with E-state index in [0.717, 1.165) is 30.9 Å². The van der Waals surface area contributed by atoms with Crippen LogP contribution in [0.15, 0.2) is 12.4 Å². The zero-order valence-electron chi connectivity index (χ0n) is 10.6. The van der Waals surface area contributed by atoms with Crippen LogP contribution in [0.4, 0.5) is 5.82 Å². The van der Waals surface area contributed by atoms with Crippen LogP contribution in [-0.2, 0) is 4.79 Å². The smallest absolute Gasteiger partial charge is 0.236 e. The van der Waals surface area contributed by atoms with Gasteiger partial charge in [0.1, 0.15) is 5.82 Å². The number of hydrogen-bond acceptors (Lipinski definition) is 5. The number of carbonyl (C=O) groups excluding carboxylic acids is 1. The second kappa shape index (κ2) is 5.77. The lowest BCUT2D eigenvalue weighted by Crippen LogP contribution is -2.42. The highest BCUT2D eigenvalue weighted by Gasteiger charge is 2.25. The van der Waals surface area contributed by atoms with E-state index in [9.17, 15) is 4.79 Å². The van der Waals surface area contributed by atoms with Crippen LogP contribution >= 0.6 is 0 Å². The van der Waals surface area contributed by atoms with Crippen LogP contribution in [0.2, 0.25) is 0 Å². The summed E-state index contributed by atoms with van der Waals surface area (Å²) in [5.74, 6) is 1.03. The first-order chi connectivity index (χ1) is 8.74. The van der Waals surface area contributed by atoms with Crippen molar-refractivity contribution < 1.29 is 4.79 Å². The molecular weight excluding hydrogens is 230 g/mol. The van der Waals surface area contributed by atoms with Gasteiger partial charge in [0.25, 0.3) is 0 Å². The molecule has 6 nitrogen and oxygen atoms in total. The third-order valence-corrected chi connectivity index (χ3v) is 3.28. The number of likely N-dealkylation sites (tertiary alicyclic amines) is 1. The van der Waals surface area contributed by atoms with Crippen LogP contribution in [-0.4, -0.2) is 47.5 Å². The van der Waals surface area contributed by atoms with Gasteiger partial charge in [0.15, 0.2) is 0 Å². The molecule has 2 heterocycles. The Morgan fingerprint density at radius 3 is 3.17 bits per heavy atom. The number of anilines is 1. The Kier molecular flexibility index (Phi) is 4.09. The molecule has 1 atom stereocenters. The van der Waals surface area contributed by atoms with Gasteiger partial charge in [-0.05, 0) is 12.8 Å². The van der Waals surface area contributed by atoms with Gasteiger partial charge in [-0.2, -0.15) is 0 Å². The quantitative estimate of drug-likeness (QED) is 0.798. The normalized spacial score (nSPS) is 19.7. The van der Waals surface area contributed by atoms with Gasteiger partial charge in [0.05, 0.1) is 18.4 Å². The molecule has 0 unspecified atom stereocenters. The number of nitrogens with zero attached hydrogens (tertiary/aromatic N) is 3. The third kappa shape index (κ3) is 2.76. The van der Waals surface area contributed by atoms with E-state index in [1.165, 1.54) is 0 Å². The Balaban J connectivity index is 2.10. The van der Waals surface area contributed by atoms with Crippen LogP contribution in [0.5, 0.6) is 0 Å². The summed E-state index contributed by atoms with van der Waals surface area (Å²) in [6, 6.07) is 0. The number of amides is 1. The molecule has 3 N–H and O–H groups in total. The number of piperidine rings is 1. The van der Waals surface area contributed by atoms with Crippen LogP contribution in [0.1, 0.15) is 24.5 Å². The summed E-state index contributed by atoms with van der Waals surface area (Å²) in [5.41, 5.74) is 6.34. The van der Waals surface area contributed by atoms with Gasteiger partial charge in [-0.15, -0.1) is 0 Å². The third-order valence-electron chi connectivity index (χ3n) is 3.28. The minimum Gasteiger partial charge on any atom is -0.372 e. The zero-order valence-corrected chi connectivity index (χ0v) is 10.6. The summed E-state index contributed by atoms with van der Waals surface area (Å²) in [6.45, 7) is 1.57. The predicted octanol–water partition coefficient (Wildman–Crippen LogP) is 0.183. The van der Waals surface area contributed by atoms with Crippen LogP contribution in [0, 0.1) is 0 Å². The molecule has 0 radical (unpaired) electrons. The molecule has 1 aliphatic heterocycles. The topological polar surface area (TPSA) is 84.1 Å². The summed E-state index contributed by atoms with van der Waals surface area (Å²) < 4.78 is 0. The number of nitrogens with one attached hydrogen (secondary N) is 1. The van der Waals surface area contributed by atoms with Gasteiger partial charge in [-0.3, -0.25) is 9.78 Å².